The van der Waals surface area contributed by atoms with Crippen LogP contribution in [0.3, 0.4) is 0 Å². The molecule has 1 aliphatic rings. The lowest BCUT2D eigenvalue weighted by atomic mass is 9.75. The number of rotatable bonds is 2. The molecule has 0 radical (unpaired) electrons. The summed E-state index contributed by atoms with van der Waals surface area (Å²) in [5, 5.41) is 0. The van der Waals surface area contributed by atoms with Crippen molar-refractivity contribution in [1.29, 1.82) is 0 Å². The van der Waals surface area contributed by atoms with Crippen LogP contribution < -0.4 is 5.46 Å². The Kier molecular flexibility index (Phi) is 3.36. The lowest BCUT2D eigenvalue weighted by Gasteiger charge is -2.33. The average molecular weight is 218 g/mol. The highest BCUT2D eigenvalue weighted by Gasteiger charge is 2.33. The third-order valence-electron chi connectivity index (χ3n) is 2.91. The van der Waals surface area contributed by atoms with Crippen LogP contribution in [0.2, 0.25) is 0 Å². The largest absolute Gasteiger partial charge is 0.493 e. The third-order valence-corrected chi connectivity index (χ3v) is 2.91. The minimum atomic E-state index is -0.182. The monoisotopic (exact) mass is 218 g/mol. The van der Waals surface area contributed by atoms with Gasteiger partial charge in [-0.3, -0.25) is 0 Å². The van der Waals surface area contributed by atoms with Crippen LogP contribution in [0, 0.1) is 5.41 Å². The number of benzene rings is 1. The van der Waals surface area contributed by atoms with Gasteiger partial charge >= 0.3 is 7.12 Å². The van der Waals surface area contributed by atoms with Crippen molar-refractivity contribution in [2.45, 2.75) is 27.2 Å². The van der Waals surface area contributed by atoms with Gasteiger partial charge in [0.05, 0.1) is 0 Å². The molecule has 2 rings (SSSR count). The van der Waals surface area contributed by atoms with Gasteiger partial charge in [-0.1, -0.05) is 45.0 Å². The van der Waals surface area contributed by atoms with E-state index < -0.39 is 0 Å². The molecule has 0 unspecified atom stereocenters. The lowest BCUT2D eigenvalue weighted by molar-refractivity contribution is 0.0343. The van der Waals surface area contributed by atoms with E-state index in [9.17, 15) is 0 Å². The van der Waals surface area contributed by atoms with Crippen LogP contribution in [-0.2, 0) is 15.7 Å². The van der Waals surface area contributed by atoms with E-state index in [0.29, 0.717) is 0 Å². The van der Waals surface area contributed by atoms with Crippen LogP contribution in [0.5, 0.6) is 0 Å². The molecule has 0 saturated carbocycles. The first-order valence-corrected chi connectivity index (χ1v) is 5.93. The average Bonchev–Trinajstić information content (AvgIpc) is 2.29. The maximum absolute atomic E-state index is 5.73. The molecule has 1 aliphatic heterocycles. The predicted octanol–water partition coefficient (Wildman–Crippen LogP) is 2.02. The first kappa shape index (κ1) is 11.7. The Bertz CT molecular complexity index is 335. The number of hydrogen-bond acceptors (Lipinski definition) is 2. The SMILES string of the molecule is CCc1ccc(B2OCC(C)(C)CO2)cc1. The number of aryl methyl sites for hydroxylation is 1. The molecule has 0 amide bonds. The van der Waals surface area contributed by atoms with Crippen molar-refractivity contribution in [3.63, 3.8) is 0 Å². The van der Waals surface area contributed by atoms with Gasteiger partial charge in [0.15, 0.2) is 0 Å². The molecule has 0 atom stereocenters. The molecule has 1 fully saturated rings. The Morgan fingerprint density at radius 1 is 1.12 bits per heavy atom. The van der Waals surface area contributed by atoms with Gasteiger partial charge in [0, 0.05) is 18.6 Å². The summed E-state index contributed by atoms with van der Waals surface area (Å²) in [6, 6.07) is 8.48. The standard InChI is InChI=1S/C13H19BO2/c1-4-11-5-7-12(8-6-11)14-15-9-13(2,3)10-16-14/h5-8H,4,9-10H2,1-3H3. The molecule has 0 aliphatic carbocycles. The zero-order valence-electron chi connectivity index (χ0n) is 10.3. The minimum Gasteiger partial charge on any atom is -0.407 e. The first-order chi connectivity index (χ1) is 7.61. The fourth-order valence-electron chi connectivity index (χ4n) is 1.80. The zero-order valence-corrected chi connectivity index (χ0v) is 10.3. The van der Waals surface area contributed by atoms with Crippen LogP contribution in [0.1, 0.15) is 26.3 Å². The summed E-state index contributed by atoms with van der Waals surface area (Å²) in [4.78, 5) is 0. The summed E-state index contributed by atoms with van der Waals surface area (Å²) in [5.74, 6) is 0. The van der Waals surface area contributed by atoms with Crippen molar-refractivity contribution in [2.75, 3.05) is 13.2 Å². The summed E-state index contributed by atoms with van der Waals surface area (Å²) >= 11 is 0. The summed E-state index contributed by atoms with van der Waals surface area (Å²) in [5.41, 5.74) is 2.60. The molecule has 0 aromatic heterocycles. The molecule has 86 valence electrons. The molecule has 1 aromatic carbocycles. The molecule has 0 bridgehead atoms. The van der Waals surface area contributed by atoms with Crippen molar-refractivity contribution < 1.29 is 9.31 Å². The highest BCUT2D eigenvalue weighted by atomic mass is 16.6. The molecular weight excluding hydrogens is 199 g/mol. The smallest absolute Gasteiger partial charge is 0.407 e. The van der Waals surface area contributed by atoms with Crippen molar-refractivity contribution in [3.05, 3.63) is 29.8 Å². The predicted molar refractivity (Wildman–Crippen MR) is 66.9 cm³/mol. The summed E-state index contributed by atoms with van der Waals surface area (Å²) < 4.78 is 11.5. The topological polar surface area (TPSA) is 18.5 Å². The third kappa shape index (κ3) is 2.66. The fraction of sp³-hybridized carbons (Fsp3) is 0.538. The summed E-state index contributed by atoms with van der Waals surface area (Å²) in [7, 11) is -0.182. The lowest BCUT2D eigenvalue weighted by Crippen LogP contribution is -2.47. The second-order valence-electron chi connectivity index (χ2n) is 5.21. The molecule has 1 saturated heterocycles. The Hall–Kier alpha value is -0.795. The molecule has 0 N–H and O–H groups in total. The van der Waals surface area contributed by atoms with E-state index in [1.54, 1.807) is 0 Å². The molecular formula is C13H19BO2. The van der Waals surface area contributed by atoms with Crippen LogP contribution in [0.25, 0.3) is 0 Å². The Balaban J connectivity index is 2.03. The molecule has 2 nitrogen and oxygen atoms in total. The molecule has 3 heteroatoms. The van der Waals surface area contributed by atoms with E-state index in [0.717, 1.165) is 25.1 Å². The van der Waals surface area contributed by atoms with Gasteiger partial charge in [-0.2, -0.15) is 0 Å². The van der Waals surface area contributed by atoms with Gasteiger partial charge in [0.25, 0.3) is 0 Å². The minimum absolute atomic E-state index is 0.139. The van der Waals surface area contributed by atoms with Gasteiger partial charge in [0.1, 0.15) is 0 Å². The van der Waals surface area contributed by atoms with Crippen molar-refractivity contribution in [1.82, 2.24) is 0 Å². The second-order valence-corrected chi connectivity index (χ2v) is 5.21. The highest BCUT2D eigenvalue weighted by Crippen LogP contribution is 2.21. The Morgan fingerprint density at radius 2 is 1.69 bits per heavy atom. The first-order valence-electron chi connectivity index (χ1n) is 5.93. The Morgan fingerprint density at radius 3 is 2.19 bits per heavy atom. The molecule has 16 heavy (non-hydrogen) atoms. The van der Waals surface area contributed by atoms with Crippen LogP contribution in [0.4, 0.5) is 0 Å². The van der Waals surface area contributed by atoms with E-state index >= 15 is 0 Å². The zero-order chi connectivity index (χ0) is 11.6. The van der Waals surface area contributed by atoms with Gasteiger partial charge in [-0.05, 0) is 17.4 Å². The van der Waals surface area contributed by atoms with Gasteiger partial charge in [0.2, 0.25) is 0 Å². The highest BCUT2D eigenvalue weighted by molar-refractivity contribution is 6.61. The van der Waals surface area contributed by atoms with Gasteiger partial charge in [-0.25, -0.2) is 0 Å². The molecule has 0 spiro atoms. The van der Waals surface area contributed by atoms with E-state index in [1.807, 2.05) is 0 Å². The maximum atomic E-state index is 5.73. The Labute approximate surface area is 98.1 Å². The normalized spacial score (nSPS) is 19.8. The summed E-state index contributed by atoms with van der Waals surface area (Å²) in [6.07, 6.45) is 1.07. The fourth-order valence-corrected chi connectivity index (χ4v) is 1.80. The van der Waals surface area contributed by atoms with Crippen molar-refractivity contribution in [3.8, 4) is 0 Å². The molecule has 1 aromatic rings. The number of hydrogen-bond donors (Lipinski definition) is 0. The van der Waals surface area contributed by atoms with E-state index in [4.69, 9.17) is 9.31 Å². The maximum Gasteiger partial charge on any atom is 0.493 e. The van der Waals surface area contributed by atoms with E-state index in [-0.39, 0.29) is 12.5 Å². The van der Waals surface area contributed by atoms with Crippen LogP contribution in [-0.4, -0.2) is 20.3 Å². The van der Waals surface area contributed by atoms with Crippen LogP contribution >= 0.6 is 0 Å². The second kappa shape index (κ2) is 4.60. The van der Waals surface area contributed by atoms with Gasteiger partial charge in [-0.15, -0.1) is 0 Å². The van der Waals surface area contributed by atoms with Crippen molar-refractivity contribution in [2.24, 2.45) is 5.41 Å². The van der Waals surface area contributed by atoms with E-state index in [1.165, 1.54) is 5.56 Å². The quantitative estimate of drug-likeness (QED) is 0.707. The van der Waals surface area contributed by atoms with Crippen LogP contribution in [0.15, 0.2) is 24.3 Å². The summed E-state index contributed by atoms with van der Waals surface area (Å²) in [6.45, 7) is 7.98. The van der Waals surface area contributed by atoms with Gasteiger partial charge < -0.3 is 9.31 Å². The van der Waals surface area contributed by atoms with E-state index in [2.05, 4.69) is 45.0 Å². The van der Waals surface area contributed by atoms with Crippen molar-refractivity contribution >= 4 is 12.6 Å². The molecule has 1 heterocycles.